The highest BCUT2D eigenvalue weighted by atomic mass is 35.5. The summed E-state index contributed by atoms with van der Waals surface area (Å²) < 4.78 is 1.93. The van der Waals surface area contributed by atoms with Crippen molar-refractivity contribution in [1.82, 2.24) is 20.4 Å². The molecule has 0 unspecified atom stereocenters. The minimum Gasteiger partial charge on any atom is -0.349 e. The molecule has 132 valence electrons. The molecule has 1 amide bonds. The van der Waals surface area contributed by atoms with E-state index in [0.717, 1.165) is 52.4 Å². The summed E-state index contributed by atoms with van der Waals surface area (Å²) in [6, 6.07) is 12.3. The van der Waals surface area contributed by atoms with Gasteiger partial charge in [-0.3, -0.25) is 4.79 Å². The molecule has 1 aliphatic heterocycles. The maximum atomic E-state index is 12.6. The van der Waals surface area contributed by atoms with Gasteiger partial charge in [0.15, 0.2) is 0 Å². The zero-order valence-corrected chi connectivity index (χ0v) is 15.6. The third kappa shape index (κ3) is 3.56. The van der Waals surface area contributed by atoms with Crippen LogP contribution in [0.15, 0.2) is 36.4 Å². The summed E-state index contributed by atoms with van der Waals surface area (Å²) in [6.45, 7) is 3.93. The van der Waals surface area contributed by atoms with Gasteiger partial charge in [-0.15, -0.1) is 23.7 Å². The molecule has 1 fully saturated rings. The van der Waals surface area contributed by atoms with E-state index in [1.165, 1.54) is 11.3 Å². The van der Waals surface area contributed by atoms with E-state index in [9.17, 15) is 4.79 Å². The van der Waals surface area contributed by atoms with Crippen LogP contribution in [0.5, 0.6) is 0 Å². The van der Waals surface area contributed by atoms with Crippen molar-refractivity contribution in [2.45, 2.75) is 25.8 Å². The lowest BCUT2D eigenvalue weighted by Gasteiger charge is -2.23. The van der Waals surface area contributed by atoms with Crippen LogP contribution in [0.2, 0.25) is 0 Å². The molecule has 1 aromatic carbocycles. The van der Waals surface area contributed by atoms with E-state index in [2.05, 4.69) is 15.7 Å². The van der Waals surface area contributed by atoms with E-state index in [0.29, 0.717) is 0 Å². The summed E-state index contributed by atoms with van der Waals surface area (Å²) >= 11 is 1.51. The first-order chi connectivity index (χ1) is 11.7. The number of thiophene rings is 1. The van der Waals surface area contributed by atoms with E-state index in [1.807, 2.05) is 48.0 Å². The van der Waals surface area contributed by atoms with Crippen molar-refractivity contribution in [3.63, 3.8) is 0 Å². The van der Waals surface area contributed by atoms with Crippen LogP contribution in [0.1, 0.15) is 28.2 Å². The van der Waals surface area contributed by atoms with E-state index < -0.39 is 0 Å². The number of amides is 1. The summed E-state index contributed by atoms with van der Waals surface area (Å²) in [5.41, 5.74) is 1.97. The second-order valence-corrected chi connectivity index (χ2v) is 7.19. The number of aryl methyl sites for hydroxylation is 1. The molecule has 2 N–H and O–H groups in total. The van der Waals surface area contributed by atoms with Crippen LogP contribution < -0.4 is 10.6 Å². The predicted molar refractivity (Wildman–Crippen MR) is 104 cm³/mol. The van der Waals surface area contributed by atoms with Crippen molar-refractivity contribution in [2.24, 2.45) is 0 Å². The average molecular weight is 377 g/mol. The predicted octanol–water partition coefficient (Wildman–Crippen LogP) is 3.30. The largest absolute Gasteiger partial charge is 0.349 e. The number of para-hydroxylation sites is 1. The zero-order chi connectivity index (χ0) is 16.5. The molecule has 1 aliphatic rings. The lowest BCUT2D eigenvalue weighted by Crippen LogP contribution is -2.42. The molecular formula is C18H21ClN4OS. The maximum Gasteiger partial charge on any atom is 0.261 e. The minimum atomic E-state index is 0. The Labute approximate surface area is 156 Å². The Morgan fingerprint density at radius 1 is 1.28 bits per heavy atom. The van der Waals surface area contributed by atoms with Crippen LogP contribution in [-0.2, 0) is 0 Å². The molecule has 0 spiro atoms. The Morgan fingerprint density at radius 3 is 2.72 bits per heavy atom. The monoisotopic (exact) mass is 376 g/mol. The minimum absolute atomic E-state index is 0. The van der Waals surface area contributed by atoms with Crippen molar-refractivity contribution in [3.05, 3.63) is 47.0 Å². The molecule has 0 aliphatic carbocycles. The maximum absolute atomic E-state index is 12.6. The van der Waals surface area contributed by atoms with Crippen molar-refractivity contribution in [3.8, 4) is 5.69 Å². The highest BCUT2D eigenvalue weighted by Crippen LogP contribution is 2.30. The van der Waals surface area contributed by atoms with Crippen LogP contribution >= 0.6 is 23.7 Å². The van der Waals surface area contributed by atoms with Gasteiger partial charge in [-0.1, -0.05) is 18.2 Å². The highest BCUT2D eigenvalue weighted by molar-refractivity contribution is 7.20. The first kappa shape index (κ1) is 17.9. The fraction of sp³-hybridized carbons (Fsp3) is 0.333. The van der Waals surface area contributed by atoms with Gasteiger partial charge in [-0.25, -0.2) is 4.68 Å². The molecule has 3 heterocycles. The number of rotatable bonds is 3. The van der Waals surface area contributed by atoms with Crippen LogP contribution in [0.25, 0.3) is 15.9 Å². The number of carbonyl (C=O) groups excluding carboxylic acids is 1. The summed E-state index contributed by atoms with van der Waals surface area (Å²) in [6.07, 6.45) is 1.99. The summed E-state index contributed by atoms with van der Waals surface area (Å²) in [5.74, 6) is 0.0297. The highest BCUT2D eigenvalue weighted by Gasteiger charge is 2.20. The van der Waals surface area contributed by atoms with Gasteiger partial charge in [0.25, 0.3) is 5.91 Å². The van der Waals surface area contributed by atoms with Gasteiger partial charge < -0.3 is 10.6 Å². The van der Waals surface area contributed by atoms with Gasteiger partial charge in [0.1, 0.15) is 4.83 Å². The number of nitrogens with one attached hydrogen (secondary N) is 2. The molecule has 4 rings (SSSR count). The van der Waals surface area contributed by atoms with E-state index in [1.54, 1.807) is 0 Å². The van der Waals surface area contributed by atoms with Gasteiger partial charge in [0, 0.05) is 11.4 Å². The number of halogens is 1. The quantitative estimate of drug-likeness (QED) is 0.737. The van der Waals surface area contributed by atoms with Crippen LogP contribution in [0.3, 0.4) is 0 Å². The number of benzene rings is 1. The van der Waals surface area contributed by atoms with Crippen molar-refractivity contribution < 1.29 is 4.79 Å². The first-order valence-electron chi connectivity index (χ1n) is 8.28. The van der Waals surface area contributed by atoms with E-state index in [4.69, 9.17) is 0 Å². The number of hydrogen-bond acceptors (Lipinski definition) is 4. The van der Waals surface area contributed by atoms with Crippen molar-refractivity contribution in [1.29, 1.82) is 0 Å². The number of piperidine rings is 1. The molecule has 7 heteroatoms. The SMILES string of the molecule is Cc1nn(-c2ccccc2)c2sc(C(=O)NC3CCNCC3)cc12.Cl. The Kier molecular flexibility index (Phi) is 5.42. The van der Waals surface area contributed by atoms with Gasteiger partial charge in [-0.2, -0.15) is 5.10 Å². The Bertz CT molecular complexity index is 868. The van der Waals surface area contributed by atoms with Crippen LogP contribution in [-0.4, -0.2) is 34.8 Å². The Morgan fingerprint density at radius 2 is 2.00 bits per heavy atom. The summed E-state index contributed by atoms with van der Waals surface area (Å²) in [7, 11) is 0. The zero-order valence-electron chi connectivity index (χ0n) is 14.0. The van der Waals surface area contributed by atoms with Gasteiger partial charge in [-0.05, 0) is 51.1 Å². The Hall–Kier alpha value is -1.89. The second-order valence-electron chi connectivity index (χ2n) is 6.16. The fourth-order valence-electron chi connectivity index (χ4n) is 3.13. The third-order valence-corrected chi connectivity index (χ3v) is 5.55. The van der Waals surface area contributed by atoms with E-state index in [-0.39, 0.29) is 24.4 Å². The third-order valence-electron chi connectivity index (χ3n) is 4.44. The standard InChI is InChI=1S/C18H20N4OS.ClH/c1-12-15-11-16(17(23)20-13-7-9-19-10-8-13)24-18(15)22(21-12)14-5-3-2-4-6-14;/h2-6,11,13,19H,7-10H2,1H3,(H,20,23);1H. The number of nitrogens with zero attached hydrogens (tertiary/aromatic N) is 2. The molecule has 5 nitrogen and oxygen atoms in total. The number of fused-ring (bicyclic) bond motifs is 1. The van der Waals surface area contributed by atoms with E-state index >= 15 is 0 Å². The fourth-order valence-corrected chi connectivity index (χ4v) is 4.21. The lowest BCUT2D eigenvalue weighted by atomic mass is 10.1. The van der Waals surface area contributed by atoms with Gasteiger partial charge in [0.2, 0.25) is 0 Å². The molecular weight excluding hydrogens is 356 g/mol. The summed E-state index contributed by atoms with van der Waals surface area (Å²) in [5, 5.41) is 12.2. The molecule has 0 saturated carbocycles. The first-order valence-corrected chi connectivity index (χ1v) is 9.10. The second kappa shape index (κ2) is 7.56. The van der Waals surface area contributed by atoms with Crippen molar-refractivity contribution in [2.75, 3.05) is 13.1 Å². The van der Waals surface area contributed by atoms with Gasteiger partial charge in [0.05, 0.1) is 16.3 Å². The number of carbonyl (C=O) groups is 1. The topological polar surface area (TPSA) is 59.0 Å². The van der Waals surface area contributed by atoms with Crippen molar-refractivity contribution >= 4 is 39.9 Å². The smallest absolute Gasteiger partial charge is 0.261 e. The molecule has 0 radical (unpaired) electrons. The molecule has 3 aromatic rings. The average Bonchev–Trinajstić information content (AvgIpc) is 3.18. The van der Waals surface area contributed by atoms with Crippen LogP contribution in [0.4, 0.5) is 0 Å². The lowest BCUT2D eigenvalue weighted by molar-refractivity contribution is 0.0934. The number of aromatic nitrogens is 2. The molecule has 1 saturated heterocycles. The summed E-state index contributed by atoms with van der Waals surface area (Å²) in [4.78, 5) is 14.4. The van der Waals surface area contributed by atoms with Crippen LogP contribution in [0, 0.1) is 6.92 Å². The Balaban J connectivity index is 0.00000182. The molecule has 0 atom stereocenters. The molecule has 0 bridgehead atoms. The normalized spacial score (nSPS) is 15.1. The molecule has 25 heavy (non-hydrogen) atoms. The van der Waals surface area contributed by atoms with Gasteiger partial charge >= 0.3 is 0 Å². The number of hydrogen-bond donors (Lipinski definition) is 2. The molecule has 2 aromatic heterocycles.